The number of nitrogens with zero attached hydrogens (tertiary/aromatic N) is 3. The van der Waals surface area contributed by atoms with Gasteiger partial charge in [0.2, 0.25) is 11.5 Å². The van der Waals surface area contributed by atoms with Crippen LogP contribution in [0, 0.1) is 20.2 Å². The second kappa shape index (κ2) is 5.54. The molecule has 2 aliphatic heterocycles. The number of non-ortho nitro benzene ring substituents is 1. The van der Waals surface area contributed by atoms with Crippen LogP contribution in [0.1, 0.15) is 31.9 Å². The van der Waals surface area contributed by atoms with Crippen molar-refractivity contribution in [2.75, 3.05) is 11.9 Å². The minimum atomic E-state index is -0.982. The first-order valence-electron chi connectivity index (χ1n) is 8.79. The molecule has 144 valence electrons. The average Bonchev–Trinajstić information content (AvgIpc) is 2.81. The van der Waals surface area contributed by atoms with Crippen LogP contribution in [-0.4, -0.2) is 22.6 Å². The lowest BCUT2D eigenvalue weighted by molar-refractivity contribution is -0.395. The van der Waals surface area contributed by atoms with Gasteiger partial charge in [-0.1, -0.05) is 18.2 Å². The number of hydrogen-bond acceptors (Lipinski definition) is 6. The van der Waals surface area contributed by atoms with Gasteiger partial charge in [-0.2, -0.15) is 0 Å². The largest absolute Gasteiger partial charge is 0.455 e. The molecule has 0 bridgehead atoms. The van der Waals surface area contributed by atoms with E-state index in [0.717, 1.165) is 22.9 Å². The zero-order valence-corrected chi connectivity index (χ0v) is 15.9. The zero-order valence-electron chi connectivity index (χ0n) is 15.9. The minimum absolute atomic E-state index is 0.0499. The Labute approximate surface area is 161 Å². The van der Waals surface area contributed by atoms with Crippen molar-refractivity contribution in [1.29, 1.82) is 0 Å². The Balaban J connectivity index is 1.99. The average molecular weight is 381 g/mol. The summed E-state index contributed by atoms with van der Waals surface area (Å²) in [5.74, 6) is 0.0499. The molecule has 8 heteroatoms. The number of hydrogen-bond donors (Lipinski definition) is 0. The second-order valence-electron chi connectivity index (χ2n) is 7.67. The number of likely N-dealkylation sites (N-methyl/N-ethyl adjacent to an activating group) is 1. The van der Waals surface area contributed by atoms with Gasteiger partial charge in [0, 0.05) is 24.4 Å². The fraction of sp³-hybridized carbons (Fsp3) is 0.300. The molecule has 8 nitrogen and oxygen atoms in total. The van der Waals surface area contributed by atoms with Gasteiger partial charge in [-0.25, -0.2) is 0 Å². The molecule has 2 aromatic rings. The van der Waals surface area contributed by atoms with Crippen molar-refractivity contribution in [2.45, 2.75) is 31.9 Å². The SMILES string of the molecule is CC1=Cc2cc([N+](=O)[O-])cc([N+](=O)[O-])c2OC12N(C)c1ccccc1C2(C)C. The minimum Gasteiger partial charge on any atom is -0.455 e. The third kappa shape index (κ3) is 2.05. The Morgan fingerprint density at radius 1 is 1.07 bits per heavy atom. The van der Waals surface area contributed by atoms with E-state index in [0.29, 0.717) is 5.56 Å². The highest BCUT2D eigenvalue weighted by molar-refractivity contribution is 5.78. The molecule has 0 aromatic heterocycles. The Morgan fingerprint density at radius 2 is 1.75 bits per heavy atom. The number of rotatable bonds is 2. The monoisotopic (exact) mass is 381 g/mol. The summed E-state index contributed by atoms with van der Waals surface area (Å²) < 4.78 is 6.42. The molecule has 2 heterocycles. The van der Waals surface area contributed by atoms with Crippen LogP contribution in [-0.2, 0) is 5.41 Å². The Kier molecular flexibility index (Phi) is 3.56. The van der Waals surface area contributed by atoms with Crippen molar-refractivity contribution < 1.29 is 14.6 Å². The highest BCUT2D eigenvalue weighted by atomic mass is 16.6. The molecule has 0 saturated heterocycles. The van der Waals surface area contributed by atoms with Gasteiger partial charge in [-0.15, -0.1) is 0 Å². The molecular weight excluding hydrogens is 362 g/mol. The molecule has 0 N–H and O–H groups in total. The van der Waals surface area contributed by atoms with Gasteiger partial charge in [-0.05, 0) is 44.1 Å². The van der Waals surface area contributed by atoms with E-state index in [1.807, 2.05) is 57.0 Å². The molecule has 28 heavy (non-hydrogen) atoms. The van der Waals surface area contributed by atoms with Crippen LogP contribution in [0.4, 0.5) is 17.1 Å². The van der Waals surface area contributed by atoms with Gasteiger partial charge in [0.15, 0.2) is 0 Å². The van der Waals surface area contributed by atoms with Crippen LogP contribution in [0.3, 0.4) is 0 Å². The van der Waals surface area contributed by atoms with Crippen molar-refractivity contribution >= 4 is 23.1 Å². The van der Waals surface area contributed by atoms with Gasteiger partial charge in [0.05, 0.1) is 21.3 Å². The lowest BCUT2D eigenvalue weighted by Gasteiger charge is -2.48. The molecule has 2 aromatic carbocycles. The summed E-state index contributed by atoms with van der Waals surface area (Å²) in [6.45, 7) is 5.96. The zero-order chi connectivity index (χ0) is 20.4. The van der Waals surface area contributed by atoms with Crippen LogP contribution in [0.2, 0.25) is 0 Å². The smallest absolute Gasteiger partial charge is 0.318 e. The summed E-state index contributed by atoms with van der Waals surface area (Å²) >= 11 is 0. The van der Waals surface area contributed by atoms with E-state index in [1.54, 1.807) is 6.08 Å². The van der Waals surface area contributed by atoms with Crippen molar-refractivity contribution in [1.82, 2.24) is 0 Å². The normalized spacial score (nSPS) is 21.6. The van der Waals surface area contributed by atoms with Gasteiger partial charge in [0.25, 0.3) is 5.69 Å². The third-order valence-electron chi connectivity index (χ3n) is 5.90. The lowest BCUT2D eigenvalue weighted by atomic mass is 9.73. The summed E-state index contributed by atoms with van der Waals surface area (Å²) in [6, 6.07) is 10.2. The Morgan fingerprint density at radius 3 is 2.36 bits per heavy atom. The van der Waals surface area contributed by atoms with Gasteiger partial charge < -0.3 is 9.64 Å². The summed E-state index contributed by atoms with van der Waals surface area (Å²) in [4.78, 5) is 23.6. The number of ether oxygens (including phenoxy) is 1. The first-order valence-corrected chi connectivity index (χ1v) is 8.79. The maximum atomic E-state index is 11.7. The van der Waals surface area contributed by atoms with Gasteiger partial charge in [-0.3, -0.25) is 20.2 Å². The summed E-state index contributed by atoms with van der Waals surface area (Å²) in [5.41, 5.74) is 0.953. The molecule has 0 amide bonds. The summed E-state index contributed by atoms with van der Waals surface area (Å²) in [6.07, 6.45) is 1.75. The fourth-order valence-electron chi connectivity index (χ4n) is 4.66. The Bertz CT molecular complexity index is 1080. The van der Waals surface area contributed by atoms with E-state index < -0.39 is 26.7 Å². The number of benzene rings is 2. The van der Waals surface area contributed by atoms with E-state index >= 15 is 0 Å². The molecular formula is C20H19N3O5. The third-order valence-corrected chi connectivity index (χ3v) is 5.90. The van der Waals surface area contributed by atoms with Crippen LogP contribution >= 0.6 is 0 Å². The van der Waals surface area contributed by atoms with E-state index in [4.69, 9.17) is 4.74 Å². The summed E-state index contributed by atoms with van der Waals surface area (Å²) in [5, 5.41) is 22.9. The maximum absolute atomic E-state index is 11.7. The van der Waals surface area contributed by atoms with Crippen molar-refractivity contribution in [2.24, 2.45) is 0 Å². The predicted molar refractivity (Wildman–Crippen MR) is 105 cm³/mol. The summed E-state index contributed by atoms with van der Waals surface area (Å²) in [7, 11) is 1.90. The quantitative estimate of drug-likeness (QED) is 0.564. The number of nitro benzene ring substituents is 2. The number of para-hydroxylation sites is 1. The highest BCUT2D eigenvalue weighted by Gasteiger charge is 2.61. The van der Waals surface area contributed by atoms with E-state index in [-0.39, 0.29) is 11.4 Å². The van der Waals surface area contributed by atoms with Crippen molar-refractivity contribution in [3.63, 3.8) is 0 Å². The first kappa shape index (κ1) is 18.0. The molecule has 1 unspecified atom stereocenters. The van der Waals surface area contributed by atoms with E-state index in [9.17, 15) is 20.2 Å². The number of fused-ring (bicyclic) bond motifs is 2. The molecule has 0 fully saturated rings. The first-order chi connectivity index (χ1) is 13.1. The van der Waals surface area contributed by atoms with Crippen LogP contribution < -0.4 is 9.64 Å². The maximum Gasteiger partial charge on any atom is 0.318 e. The standard InChI is InChI=1S/C20H19N3O5/c1-12-9-13-10-14(22(24)25)11-17(23(26)27)18(13)28-20(12)19(2,3)15-7-5-6-8-16(15)21(20)4/h5-11H,1-4H3. The molecule has 1 atom stereocenters. The molecule has 1 spiro atoms. The molecule has 0 aliphatic carbocycles. The molecule has 0 radical (unpaired) electrons. The lowest BCUT2D eigenvalue weighted by Crippen LogP contribution is -2.60. The predicted octanol–water partition coefficient (Wildman–Crippen LogP) is 4.42. The Hall–Kier alpha value is -3.42. The topological polar surface area (TPSA) is 98.8 Å². The van der Waals surface area contributed by atoms with Crippen LogP contribution in [0.25, 0.3) is 6.08 Å². The number of nitro groups is 2. The van der Waals surface area contributed by atoms with Gasteiger partial charge in [0.1, 0.15) is 0 Å². The molecule has 4 rings (SSSR count). The fourth-order valence-corrected chi connectivity index (χ4v) is 4.66. The second-order valence-corrected chi connectivity index (χ2v) is 7.67. The van der Waals surface area contributed by atoms with Crippen molar-refractivity contribution in [3.05, 3.63) is 73.3 Å². The van der Waals surface area contributed by atoms with E-state index in [1.165, 1.54) is 6.07 Å². The molecule has 0 saturated carbocycles. The van der Waals surface area contributed by atoms with Crippen molar-refractivity contribution in [3.8, 4) is 5.75 Å². The van der Waals surface area contributed by atoms with Crippen LogP contribution in [0.5, 0.6) is 5.75 Å². The number of anilines is 1. The van der Waals surface area contributed by atoms with E-state index in [2.05, 4.69) is 0 Å². The van der Waals surface area contributed by atoms with Gasteiger partial charge >= 0.3 is 5.69 Å². The molecule has 2 aliphatic rings. The van der Waals surface area contributed by atoms with Crippen LogP contribution in [0.15, 0.2) is 42.0 Å². The highest BCUT2D eigenvalue weighted by Crippen LogP contribution is 2.58.